The van der Waals surface area contributed by atoms with E-state index in [9.17, 15) is 18.0 Å². The number of halogens is 3. The summed E-state index contributed by atoms with van der Waals surface area (Å²) >= 11 is 0. The number of rotatable bonds is 4. The number of nitriles is 1. The van der Waals surface area contributed by atoms with Gasteiger partial charge in [-0.15, -0.1) is 0 Å². The average molecular weight is 270 g/mol. The number of carbonyl (C=O) groups excluding carboxylic acids is 1. The summed E-state index contributed by atoms with van der Waals surface area (Å²) in [5.74, 6) is -0.810. The lowest BCUT2D eigenvalue weighted by molar-refractivity contribution is -0.137. The number of hydrogen-bond acceptors (Lipinski definition) is 2. The van der Waals surface area contributed by atoms with Crippen LogP contribution in [0.15, 0.2) is 24.3 Å². The van der Waals surface area contributed by atoms with Crippen molar-refractivity contribution in [2.45, 2.75) is 32.0 Å². The van der Waals surface area contributed by atoms with Gasteiger partial charge in [-0.1, -0.05) is 19.1 Å². The lowest BCUT2D eigenvalue weighted by Gasteiger charge is -2.16. The maximum atomic E-state index is 12.7. The molecular formula is C13H13F3N2O. The van der Waals surface area contributed by atoms with Crippen molar-refractivity contribution in [2.75, 3.05) is 0 Å². The molecule has 0 spiro atoms. The summed E-state index contributed by atoms with van der Waals surface area (Å²) in [4.78, 5) is 11.8. The maximum absolute atomic E-state index is 12.7. The van der Waals surface area contributed by atoms with Crippen molar-refractivity contribution in [3.05, 3.63) is 35.4 Å². The molecule has 0 heterocycles. The third kappa shape index (κ3) is 3.98. The number of alkyl halides is 3. The van der Waals surface area contributed by atoms with Crippen LogP contribution in [0.4, 0.5) is 13.2 Å². The zero-order valence-electron chi connectivity index (χ0n) is 10.3. The van der Waals surface area contributed by atoms with Crippen LogP contribution < -0.4 is 5.32 Å². The summed E-state index contributed by atoms with van der Waals surface area (Å²) in [5, 5.41) is 11.0. The first kappa shape index (κ1) is 15.0. The van der Waals surface area contributed by atoms with E-state index in [0.717, 1.165) is 12.1 Å². The molecule has 19 heavy (non-hydrogen) atoms. The van der Waals surface area contributed by atoms with E-state index in [1.807, 2.05) is 6.07 Å². The van der Waals surface area contributed by atoms with Crippen LogP contribution in [0.3, 0.4) is 0 Å². The van der Waals surface area contributed by atoms with Gasteiger partial charge < -0.3 is 5.32 Å². The molecule has 0 saturated heterocycles. The Morgan fingerprint density at radius 1 is 1.42 bits per heavy atom. The minimum Gasteiger partial charge on any atom is -0.348 e. The van der Waals surface area contributed by atoms with Crippen molar-refractivity contribution in [3.63, 3.8) is 0 Å². The Bertz CT molecular complexity index is 491. The number of nitrogens with zero attached hydrogens (tertiary/aromatic N) is 1. The standard InChI is InChI=1S/C13H13F3N2O/c1-2-9(7-8-17)18-12(19)10-5-3-4-6-11(10)13(14,15)16/h3-6,9H,2,7H2,1H3,(H,18,19). The van der Waals surface area contributed by atoms with Crippen molar-refractivity contribution in [1.82, 2.24) is 5.32 Å². The van der Waals surface area contributed by atoms with Crippen molar-refractivity contribution in [2.24, 2.45) is 0 Å². The van der Waals surface area contributed by atoms with Crippen molar-refractivity contribution in [1.29, 1.82) is 5.26 Å². The predicted molar refractivity (Wildman–Crippen MR) is 63.2 cm³/mol. The molecule has 0 aliphatic heterocycles. The van der Waals surface area contributed by atoms with Crippen LogP contribution in [0.1, 0.15) is 35.7 Å². The third-order valence-corrected chi connectivity index (χ3v) is 2.64. The molecule has 0 bridgehead atoms. The van der Waals surface area contributed by atoms with E-state index in [-0.39, 0.29) is 6.42 Å². The van der Waals surface area contributed by atoms with Crippen molar-refractivity contribution >= 4 is 5.91 Å². The molecule has 1 unspecified atom stereocenters. The number of nitrogens with one attached hydrogen (secondary N) is 1. The Kier molecular flexibility index (Phi) is 4.93. The molecule has 0 saturated carbocycles. The second-order valence-corrected chi connectivity index (χ2v) is 3.98. The highest BCUT2D eigenvalue weighted by molar-refractivity contribution is 5.96. The van der Waals surface area contributed by atoms with E-state index in [2.05, 4.69) is 5.32 Å². The van der Waals surface area contributed by atoms with E-state index in [1.165, 1.54) is 12.1 Å². The predicted octanol–water partition coefficient (Wildman–Crippen LogP) is 3.13. The molecule has 1 N–H and O–H groups in total. The van der Waals surface area contributed by atoms with Crippen LogP contribution in [0.5, 0.6) is 0 Å². The monoisotopic (exact) mass is 270 g/mol. The van der Waals surface area contributed by atoms with E-state index in [0.29, 0.717) is 6.42 Å². The largest absolute Gasteiger partial charge is 0.417 e. The van der Waals surface area contributed by atoms with Crippen LogP contribution in [-0.4, -0.2) is 11.9 Å². The number of hydrogen-bond donors (Lipinski definition) is 1. The maximum Gasteiger partial charge on any atom is 0.417 e. The van der Waals surface area contributed by atoms with Gasteiger partial charge in [0.05, 0.1) is 23.6 Å². The lowest BCUT2D eigenvalue weighted by atomic mass is 10.1. The van der Waals surface area contributed by atoms with Gasteiger partial charge in [0, 0.05) is 6.04 Å². The van der Waals surface area contributed by atoms with Gasteiger partial charge in [-0.2, -0.15) is 18.4 Å². The fourth-order valence-corrected chi connectivity index (χ4v) is 1.60. The van der Waals surface area contributed by atoms with E-state index in [4.69, 9.17) is 5.26 Å². The normalized spacial score (nSPS) is 12.6. The molecule has 1 atom stereocenters. The molecule has 1 aromatic rings. The van der Waals surface area contributed by atoms with Gasteiger partial charge in [0.2, 0.25) is 0 Å². The molecule has 0 fully saturated rings. The first-order chi connectivity index (χ1) is 8.90. The summed E-state index contributed by atoms with van der Waals surface area (Å²) in [6, 6.07) is 6.02. The molecule has 0 aliphatic carbocycles. The molecule has 1 aromatic carbocycles. The first-order valence-electron chi connectivity index (χ1n) is 5.74. The third-order valence-electron chi connectivity index (χ3n) is 2.64. The van der Waals surface area contributed by atoms with E-state index >= 15 is 0 Å². The smallest absolute Gasteiger partial charge is 0.348 e. The SMILES string of the molecule is CCC(CC#N)NC(=O)c1ccccc1C(F)(F)F. The van der Waals surface area contributed by atoms with Gasteiger partial charge in [-0.3, -0.25) is 4.79 Å². The summed E-state index contributed by atoms with van der Waals surface area (Å²) in [6.45, 7) is 1.75. The number of benzene rings is 1. The van der Waals surface area contributed by atoms with Crippen molar-refractivity contribution in [3.8, 4) is 6.07 Å². The number of amides is 1. The second-order valence-electron chi connectivity index (χ2n) is 3.98. The summed E-state index contributed by atoms with van der Waals surface area (Å²) < 4.78 is 38.2. The van der Waals surface area contributed by atoms with Gasteiger partial charge in [0.15, 0.2) is 0 Å². The minimum atomic E-state index is -4.58. The Labute approximate surface area is 109 Å². The van der Waals surface area contributed by atoms with E-state index < -0.39 is 29.3 Å². The zero-order valence-corrected chi connectivity index (χ0v) is 10.3. The Balaban J connectivity index is 2.98. The Morgan fingerprint density at radius 2 is 2.05 bits per heavy atom. The average Bonchev–Trinajstić information content (AvgIpc) is 2.37. The molecule has 0 aromatic heterocycles. The lowest BCUT2D eigenvalue weighted by Crippen LogP contribution is -2.35. The highest BCUT2D eigenvalue weighted by atomic mass is 19.4. The fourth-order valence-electron chi connectivity index (χ4n) is 1.60. The molecule has 3 nitrogen and oxygen atoms in total. The van der Waals surface area contributed by atoms with Crippen LogP contribution in [0.25, 0.3) is 0 Å². The molecule has 6 heteroatoms. The van der Waals surface area contributed by atoms with Gasteiger partial charge >= 0.3 is 6.18 Å². The highest BCUT2D eigenvalue weighted by Crippen LogP contribution is 2.31. The van der Waals surface area contributed by atoms with Crippen LogP contribution in [0, 0.1) is 11.3 Å². The summed E-state index contributed by atoms with van der Waals surface area (Å²) in [5.41, 5.74) is -1.40. The molecule has 102 valence electrons. The van der Waals surface area contributed by atoms with Crippen LogP contribution in [0.2, 0.25) is 0 Å². The zero-order chi connectivity index (χ0) is 14.5. The second kappa shape index (κ2) is 6.23. The topological polar surface area (TPSA) is 52.9 Å². The summed E-state index contributed by atoms with van der Waals surface area (Å²) in [7, 11) is 0. The van der Waals surface area contributed by atoms with Gasteiger partial charge in [0.1, 0.15) is 0 Å². The fraction of sp³-hybridized carbons (Fsp3) is 0.385. The summed E-state index contributed by atoms with van der Waals surface area (Å²) in [6.07, 6.45) is -4.03. The highest BCUT2D eigenvalue weighted by Gasteiger charge is 2.35. The molecule has 0 aliphatic rings. The Hall–Kier alpha value is -2.03. The van der Waals surface area contributed by atoms with Gasteiger partial charge in [0.25, 0.3) is 5.91 Å². The Morgan fingerprint density at radius 3 is 2.58 bits per heavy atom. The number of carbonyl (C=O) groups is 1. The van der Waals surface area contributed by atoms with E-state index in [1.54, 1.807) is 6.92 Å². The molecule has 0 radical (unpaired) electrons. The quantitative estimate of drug-likeness (QED) is 0.913. The molecule has 1 amide bonds. The van der Waals surface area contributed by atoms with Crippen molar-refractivity contribution < 1.29 is 18.0 Å². The van der Waals surface area contributed by atoms with Gasteiger partial charge in [-0.25, -0.2) is 0 Å². The first-order valence-corrected chi connectivity index (χ1v) is 5.74. The van der Waals surface area contributed by atoms with Gasteiger partial charge in [-0.05, 0) is 18.6 Å². The molecule has 1 rings (SSSR count). The molecular weight excluding hydrogens is 257 g/mol. The van der Waals surface area contributed by atoms with Crippen LogP contribution in [-0.2, 0) is 6.18 Å². The van der Waals surface area contributed by atoms with Crippen LogP contribution >= 0.6 is 0 Å². The minimum absolute atomic E-state index is 0.0659.